The van der Waals surface area contributed by atoms with Gasteiger partial charge in [-0.3, -0.25) is 24.4 Å². The van der Waals surface area contributed by atoms with Crippen molar-refractivity contribution in [3.05, 3.63) is 143 Å². The van der Waals surface area contributed by atoms with Gasteiger partial charge in [-0.25, -0.2) is 14.4 Å². The summed E-state index contributed by atoms with van der Waals surface area (Å²) in [6.45, 7) is 15.2. The number of hydrogen-bond acceptors (Lipinski definition) is 9. The first-order valence-corrected chi connectivity index (χ1v) is 23.9. The Hall–Kier alpha value is -5.76. The second kappa shape index (κ2) is 23.3. The van der Waals surface area contributed by atoms with Crippen LogP contribution in [0.3, 0.4) is 0 Å². The molecule has 2 heterocycles. The van der Waals surface area contributed by atoms with E-state index in [4.69, 9.17) is 15.2 Å². The van der Waals surface area contributed by atoms with Gasteiger partial charge in [0.1, 0.15) is 23.3 Å². The molecule has 0 saturated carbocycles. The van der Waals surface area contributed by atoms with Crippen molar-refractivity contribution in [3.8, 4) is 0 Å². The average Bonchev–Trinajstić information content (AvgIpc) is 3.29. The van der Waals surface area contributed by atoms with E-state index in [1.165, 1.54) is 45.6 Å². The third-order valence-electron chi connectivity index (χ3n) is 12.4. The van der Waals surface area contributed by atoms with Crippen LogP contribution in [0.15, 0.2) is 109 Å². The van der Waals surface area contributed by atoms with Gasteiger partial charge in [0.25, 0.3) is 0 Å². The van der Waals surface area contributed by atoms with Crippen molar-refractivity contribution >= 4 is 24.1 Å². The molecule has 4 aromatic rings. The summed E-state index contributed by atoms with van der Waals surface area (Å²) in [4.78, 5) is 57.5. The highest BCUT2D eigenvalue weighted by atomic mass is 16.6. The number of nitrogens with two attached hydrogens (primary N) is 1. The summed E-state index contributed by atoms with van der Waals surface area (Å²) in [6.07, 6.45) is 5.62. The number of nitrogens with one attached hydrogen (secondary N) is 1. The first kappa shape index (κ1) is 50.6. The molecule has 360 valence electrons. The van der Waals surface area contributed by atoms with Gasteiger partial charge in [-0.1, -0.05) is 109 Å². The molecule has 0 bridgehead atoms. The first-order chi connectivity index (χ1) is 31.9. The molecule has 13 nitrogen and oxygen atoms in total. The summed E-state index contributed by atoms with van der Waals surface area (Å²) in [5.74, 6) is -1.12. The third-order valence-corrected chi connectivity index (χ3v) is 12.4. The van der Waals surface area contributed by atoms with E-state index in [-0.39, 0.29) is 11.9 Å². The maximum atomic E-state index is 13.6. The Morgan fingerprint density at radius 1 is 0.597 bits per heavy atom. The standard InChI is InChI=1S/C27H35N3O3.C17H24N2O4.C10H13N/c1-27(2,3)33-26(32)30-17-16-29(18-20-10-5-4-6-11-20)19-24(30)25(31)28-23-15-9-13-21-12-7-8-14-22(21)23;1-17(2,3)23-16(22)19-10-9-18(12-14(19)15(20)21)11-13-7-5-4-6-8-13;11-10-7-3-5-8-4-1-2-6-9(8)10/h4-8,10-12,14,23-24H,9,13,15-19H2,1-3H3,(H,28,31);4-8,14H,9-12H2,1-3H3,(H,20,21);1-2,4,6,10H,3,5,7,11H2/t23-,24+;14-;10-/m101/s1. The van der Waals surface area contributed by atoms with Crippen LogP contribution in [0.2, 0.25) is 0 Å². The number of ether oxygens (including phenoxy) is 2. The molecule has 0 radical (unpaired) electrons. The van der Waals surface area contributed by atoms with Crippen LogP contribution in [0.5, 0.6) is 0 Å². The van der Waals surface area contributed by atoms with Crippen LogP contribution in [0.4, 0.5) is 9.59 Å². The minimum Gasteiger partial charge on any atom is -0.480 e. The van der Waals surface area contributed by atoms with E-state index >= 15 is 0 Å². The highest BCUT2D eigenvalue weighted by molar-refractivity contribution is 5.86. The number of carboxylic acid groups (broad SMARTS) is 1. The lowest BCUT2D eigenvalue weighted by Crippen LogP contribution is -2.61. The Morgan fingerprint density at radius 2 is 1.03 bits per heavy atom. The number of nitrogens with zero attached hydrogens (tertiary/aromatic N) is 4. The van der Waals surface area contributed by atoms with Gasteiger partial charge in [0, 0.05) is 58.4 Å². The summed E-state index contributed by atoms with van der Waals surface area (Å²) < 4.78 is 11.0. The number of carboxylic acids is 1. The molecule has 3 amide bonds. The topological polar surface area (TPSA) is 158 Å². The van der Waals surface area contributed by atoms with Crippen molar-refractivity contribution in [2.45, 2.75) is 129 Å². The van der Waals surface area contributed by atoms with Crippen molar-refractivity contribution in [3.63, 3.8) is 0 Å². The number of aliphatic carboxylic acids is 1. The van der Waals surface area contributed by atoms with Crippen LogP contribution < -0.4 is 11.1 Å². The Morgan fingerprint density at radius 3 is 1.52 bits per heavy atom. The maximum absolute atomic E-state index is 13.6. The van der Waals surface area contributed by atoms with Crippen LogP contribution >= 0.6 is 0 Å². The summed E-state index contributed by atoms with van der Waals surface area (Å²) >= 11 is 0. The second-order valence-electron chi connectivity index (χ2n) is 20.0. The number of benzene rings is 4. The van der Waals surface area contributed by atoms with Gasteiger partial charge in [-0.2, -0.15) is 0 Å². The average molecular weight is 917 g/mol. The molecule has 8 rings (SSSR count). The molecule has 0 aromatic heterocycles. The molecule has 67 heavy (non-hydrogen) atoms. The molecule has 4 aromatic carbocycles. The number of aryl methyl sites for hydroxylation is 2. The SMILES string of the molecule is CC(C)(C)OC(=O)N1CCN(Cc2ccccc2)C[C@H]1C(=O)N[C@@H]1CCCc2ccccc21.CC(C)(C)OC(=O)N1CCN(Cc2ccccc2)C[C@H]1C(=O)O.N[C@@H]1CCCc2ccccc21. The number of carbonyl (C=O) groups excluding carboxylic acids is 3. The predicted octanol–water partition coefficient (Wildman–Crippen LogP) is 8.52. The zero-order valence-electron chi connectivity index (χ0n) is 40.4. The fourth-order valence-electron chi connectivity index (χ4n) is 9.13. The molecule has 2 fully saturated rings. The summed E-state index contributed by atoms with van der Waals surface area (Å²) in [6, 6.07) is 35.7. The van der Waals surface area contributed by atoms with Gasteiger partial charge >= 0.3 is 18.2 Å². The molecule has 0 unspecified atom stereocenters. The van der Waals surface area contributed by atoms with Crippen LogP contribution in [0, 0.1) is 0 Å². The fourth-order valence-corrected chi connectivity index (χ4v) is 9.13. The molecule has 2 aliphatic carbocycles. The van der Waals surface area contributed by atoms with E-state index < -0.39 is 41.4 Å². The van der Waals surface area contributed by atoms with Crippen LogP contribution in [0.25, 0.3) is 0 Å². The largest absolute Gasteiger partial charge is 0.480 e. The number of fused-ring (bicyclic) bond motifs is 2. The smallest absolute Gasteiger partial charge is 0.411 e. The van der Waals surface area contributed by atoms with Crippen molar-refractivity contribution in [2.24, 2.45) is 5.73 Å². The second-order valence-corrected chi connectivity index (χ2v) is 20.0. The zero-order chi connectivity index (χ0) is 48.1. The van der Waals surface area contributed by atoms with E-state index in [0.717, 1.165) is 37.8 Å². The lowest BCUT2D eigenvalue weighted by atomic mass is 9.87. The summed E-state index contributed by atoms with van der Waals surface area (Å²) in [7, 11) is 0. The minimum atomic E-state index is -1.01. The van der Waals surface area contributed by atoms with E-state index in [0.29, 0.717) is 51.9 Å². The molecule has 2 aliphatic heterocycles. The molecule has 4 N–H and O–H groups in total. The number of carbonyl (C=O) groups is 4. The number of hydrogen-bond donors (Lipinski definition) is 3. The monoisotopic (exact) mass is 917 g/mol. The molecule has 0 spiro atoms. The van der Waals surface area contributed by atoms with Crippen LogP contribution in [-0.2, 0) is 45.0 Å². The van der Waals surface area contributed by atoms with Gasteiger partial charge in [-0.05, 0) is 113 Å². The minimum absolute atomic E-state index is 0.0209. The third kappa shape index (κ3) is 15.1. The Kier molecular flexibility index (Phi) is 17.6. The van der Waals surface area contributed by atoms with Gasteiger partial charge in [-0.15, -0.1) is 0 Å². The Balaban J connectivity index is 0.000000187. The lowest BCUT2D eigenvalue weighted by molar-refractivity contribution is -0.145. The quantitative estimate of drug-likeness (QED) is 0.164. The summed E-state index contributed by atoms with van der Waals surface area (Å²) in [5, 5.41) is 12.7. The van der Waals surface area contributed by atoms with Gasteiger partial charge in [0.15, 0.2) is 0 Å². The van der Waals surface area contributed by atoms with Crippen LogP contribution in [-0.4, -0.2) is 111 Å². The van der Waals surface area contributed by atoms with Gasteiger partial charge in [0.05, 0.1) is 6.04 Å². The molecule has 2 saturated heterocycles. The number of amides is 3. The van der Waals surface area contributed by atoms with Crippen molar-refractivity contribution in [2.75, 3.05) is 39.3 Å². The summed E-state index contributed by atoms with van der Waals surface area (Å²) in [5.41, 5.74) is 12.3. The number of rotatable bonds is 7. The molecule has 4 atom stereocenters. The molecule has 4 aliphatic rings. The Bertz CT molecular complexity index is 2240. The van der Waals surface area contributed by atoms with Gasteiger partial charge < -0.3 is 25.6 Å². The molecular formula is C54H72N6O7. The molecule has 13 heteroatoms. The normalized spacial score (nSPS) is 20.9. The van der Waals surface area contributed by atoms with E-state index in [9.17, 15) is 24.3 Å². The highest BCUT2D eigenvalue weighted by Crippen LogP contribution is 2.31. The lowest BCUT2D eigenvalue weighted by Gasteiger charge is -2.41. The van der Waals surface area contributed by atoms with E-state index in [1.54, 1.807) is 25.7 Å². The van der Waals surface area contributed by atoms with E-state index in [2.05, 4.69) is 69.7 Å². The molecular weight excluding hydrogens is 845 g/mol. The highest BCUT2D eigenvalue weighted by Gasteiger charge is 2.40. The fraction of sp³-hybridized carbons (Fsp3) is 0.481. The first-order valence-electron chi connectivity index (χ1n) is 23.9. The Labute approximate surface area is 397 Å². The van der Waals surface area contributed by atoms with Gasteiger partial charge in [0.2, 0.25) is 5.91 Å². The zero-order valence-corrected chi connectivity index (χ0v) is 40.4. The maximum Gasteiger partial charge on any atom is 0.411 e. The van der Waals surface area contributed by atoms with Crippen molar-refractivity contribution in [1.29, 1.82) is 0 Å². The van der Waals surface area contributed by atoms with Crippen molar-refractivity contribution in [1.82, 2.24) is 24.9 Å². The van der Waals surface area contributed by atoms with E-state index in [1.807, 2.05) is 75.4 Å². The number of piperazine rings is 2. The van der Waals surface area contributed by atoms with Crippen molar-refractivity contribution < 1.29 is 33.8 Å². The van der Waals surface area contributed by atoms with Crippen LogP contribution in [0.1, 0.15) is 113 Å². The predicted molar refractivity (Wildman–Crippen MR) is 261 cm³/mol.